The van der Waals surface area contributed by atoms with Gasteiger partial charge >= 0.3 is 0 Å². The summed E-state index contributed by atoms with van der Waals surface area (Å²) in [7, 11) is 1.98. The Labute approximate surface area is 71.6 Å². The molecule has 0 spiro atoms. The van der Waals surface area contributed by atoms with Crippen LogP contribution in [-0.4, -0.2) is 4.57 Å². The van der Waals surface area contributed by atoms with E-state index in [-0.39, 0.29) is 0 Å². The molecule has 0 aliphatic carbocycles. The van der Waals surface area contributed by atoms with E-state index in [9.17, 15) is 0 Å². The van der Waals surface area contributed by atoms with Gasteiger partial charge in [-0.3, -0.25) is 0 Å². The number of aryl methyl sites for hydroxylation is 1. The molecule has 1 nitrogen and oxygen atoms in total. The first kappa shape index (κ1) is 7.00. The molecule has 1 heteroatoms. The van der Waals surface area contributed by atoms with Crippen molar-refractivity contribution < 1.29 is 0 Å². The molecule has 0 saturated heterocycles. The molecule has 58 valence electrons. The first-order valence-electron chi connectivity index (χ1n) is 3.84. The zero-order valence-corrected chi connectivity index (χ0v) is 6.91. The van der Waals surface area contributed by atoms with Crippen LogP contribution in [0.25, 0.3) is 10.9 Å². The van der Waals surface area contributed by atoms with E-state index in [1.807, 2.05) is 29.8 Å². The molecule has 0 atom stereocenters. The molecular formula is C11H9N. The highest BCUT2D eigenvalue weighted by Gasteiger charge is 2.00. The number of fused-ring (bicyclic) bond motifs is 1. The summed E-state index contributed by atoms with van der Waals surface area (Å²) in [4.78, 5) is 0. The van der Waals surface area contributed by atoms with Gasteiger partial charge in [-0.05, 0) is 12.1 Å². The van der Waals surface area contributed by atoms with Gasteiger partial charge in [-0.1, -0.05) is 24.1 Å². The Balaban J connectivity index is 2.90. The van der Waals surface area contributed by atoms with Gasteiger partial charge < -0.3 is 4.57 Å². The van der Waals surface area contributed by atoms with Gasteiger partial charge in [0.25, 0.3) is 0 Å². The standard InChI is InChI=1S/C11H9N/c1-3-10-8-9-6-4-5-7-11(9)12(10)2/h1,4-8H,2H3. The van der Waals surface area contributed by atoms with Crippen molar-refractivity contribution in [3.05, 3.63) is 36.0 Å². The van der Waals surface area contributed by atoms with Gasteiger partial charge in [-0.25, -0.2) is 0 Å². The molecule has 1 aromatic carbocycles. The van der Waals surface area contributed by atoms with Crippen LogP contribution < -0.4 is 0 Å². The molecular weight excluding hydrogens is 146 g/mol. The fourth-order valence-corrected chi connectivity index (χ4v) is 1.43. The van der Waals surface area contributed by atoms with Crippen LogP contribution in [-0.2, 0) is 7.05 Å². The van der Waals surface area contributed by atoms with E-state index in [2.05, 4.69) is 18.1 Å². The molecule has 0 bridgehead atoms. The lowest BCUT2D eigenvalue weighted by Gasteiger charge is -1.95. The Kier molecular flexibility index (Phi) is 1.41. The molecule has 0 fully saturated rings. The van der Waals surface area contributed by atoms with E-state index in [4.69, 9.17) is 6.42 Å². The molecule has 0 unspecified atom stereocenters. The maximum absolute atomic E-state index is 5.34. The van der Waals surface area contributed by atoms with Crippen LogP contribution in [0.3, 0.4) is 0 Å². The summed E-state index contributed by atoms with van der Waals surface area (Å²) in [5, 5.41) is 1.20. The minimum Gasteiger partial charge on any atom is -0.337 e. The Hall–Kier alpha value is -1.68. The molecule has 0 aliphatic heterocycles. The van der Waals surface area contributed by atoms with E-state index in [0.29, 0.717) is 0 Å². The van der Waals surface area contributed by atoms with Crippen molar-refractivity contribution in [2.24, 2.45) is 7.05 Å². The SMILES string of the molecule is C#Cc1cc2ccccc2n1C. The topological polar surface area (TPSA) is 4.93 Å². The molecule has 12 heavy (non-hydrogen) atoms. The van der Waals surface area contributed by atoms with Crippen LogP contribution in [0.5, 0.6) is 0 Å². The summed E-state index contributed by atoms with van der Waals surface area (Å²) in [5.74, 6) is 2.65. The number of terminal acetylenes is 1. The number of nitrogens with zero attached hydrogens (tertiary/aromatic N) is 1. The van der Waals surface area contributed by atoms with Crippen molar-refractivity contribution >= 4 is 10.9 Å². The molecule has 0 saturated carbocycles. The minimum atomic E-state index is 0.927. The molecule has 0 radical (unpaired) electrons. The minimum absolute atomic E-state index is 0.927. The van der Waals surface area contributed by atoms with Crippen molar-refractivity contribution in [1.82, 2.24) is 4.57 Å². The summed E-state index contributed by atoms with van der Waals surface area (Å²) in [6, 6.07) is 10.2. The Bertz CT molecular complexity index is 457. The fraction of sp³-hybridized carbons (Fsp3) is 0.0909. The summed E-state index contributed by atoms with van der Waals surface area (Å²) < 4.78 is 2.02. The fourth-order valence-electron chi connectivity index (χ4n) is 1.43. The van der Waals surface area contributed by atoms with Gasteiger partial charge in [0, 0.05) is 18.0 Å². The van der Waals surface area contributed by atoms with Crippen molar-refractivity contribution in [3.63, 3.8) is 0 Å². The van der Waals surface area contributed by atoms with E-state index in [1.165, 1.54) is 10.9 Å². The molecule has 2 aromatic rings. The molecule has 2 rings (SSSR count). The molecule has 1 aromatic heterocycles. The van der Waals surface area contributed by atoms with Crippen molar-refractivity contribution in [1.29, 1.82) is 0 Å². The van der Waals surface area contributed by atoms with Crippen LogP contribution >= 0.6 is 0 Å². The second-order valence-corrected chi connectivity index (χ2v) is 2.79. The van der Waals surface area contributed by atoms with E-state index in [0.717, 1.165) is 5.69 Å². The van der Waals surface area contributed by atoms with Crippen LogP contribution in [0, 0.1) is 12.3 Å². The van der Waals surface area contributed by atoms with Crippen LogP contribution in [0.4, 0.5) is 0 Å². The van der Waals surface area contributed by atoms with Gasteiger partial charge in [0.2, 0.25) is 0 Å². The third-order valence-electron chi connectivity index (χ3n) is 2.10. The normalized spacial score (nSPS) is 10.0. The summed E-state index contributed by atoms with van der Waals surface area (Å²) in [6.07, 6.45) is 5.34. The maximum atomic E-state index is 5.34. The molecule has 0 aliphatic rings. The van der Waals surface area contributed by atoms with Gasteiger partial charge in [-0.15, -0.1) is 6.42 Å². The van der Waals surface area contributed by atoms with Crippen molar-refractivity contribution in [2.75, 3.05) is 0 Å². The highest BCUT2D eigenvalue weighted by Crippen LogP contribution is 2.16. The van der Waals surface area contributed by atoms with Crippen LogP contribution in [0.15, 0.2) is 30.3 Å². The largest absolute Gasteiger partial charge is 0.337 e. The first-order valence-corrected chi connectivity index (χ1v) is 3.84. The third-order valence-corrected chi connectivity index (χ3v) is 2.10. The van der Waals surface area contributed by atoms with E-state index in [1.54, 1.807) is 0 Å². The van der Waals surface area contributed by atoms with Crippen LogP contribution in [0.2, 0.25) is 0 Å². The Morgan fingerprint density at radius 2 is 2.08 bits per heavy atom. The lowest BCUT2D eigenvalue weighted by Crippen LogP contribution is -1.89. The highest BCUT2D eigenvalue weighted by atomic mass is 14.9. The average molecular weight is 155 g/mol. The highest BCUT2D eigenvalue weighted by molar-refractivity contribution is 5.82. The van der Waals surface area contributed by atoms with Crippen molar-refractivity contribution in [3.8, 4) is 12.3 Å². The zero-order valence-electron chi connectivity index (χ0n) is 6.91. The third kappa shape index (κ3) is 0.820. The smallest absolute Gasteiger partial charge is 0.0925 e. The summed E-state index contributed by atoms with van der Waals surface area (Å²) >= 11 is 0. The maximum Gasteiger partial charge on any atom is 0.0925 e. The summed E-state index contributed by atoms with van der Waals surface area (Å²) in [5.41, 5.74) is 2.11. The second-order valence-electron chi connectivity index (χ2n) is 2.79. The predicted molar refractivity (Wildman–Crippen MR) is 50.9 cm³/mol. The Morgan fingerprint density at radius 1 is 1.33 bits per heavy atom. The predicted octanol–water partition coefficient (Wildman–Crippen LogP) is 2.16. The second kappa shape index (κ2) is 2.42. The number of benzene rings is 1. The number of aromatic nitrogens is 1. The number of hydrogen-bond donors (Lipinski definition) is 0. The lowest BCUT2D eigenvalue weighted by atomic mass is 10.2. The van der Waals surface area contributed by atoms with Gasteiger partial charge in [0.1, 0.15) is 0 Å². The van der Waals surface area contributed by atoms with E-state index < -0.39 is 0 Å². The number of hydrogen-bond acceptors (Lipinski definition) is 0. The quantitative estimate of drug-likeness (QED) is 0.514. The van der Waals surface area contributed by atoms with Gasteiger partial charge in [0.15, 0.2) is 0 Å². The Morgan fingerprint density at radius 3 is 2.75 bits per heavy atom. The van der Waals surface area contributed by atoms with Crippen LogP contribution in [0.1, 0.15) is 5.69 Å². The van der Waals surface area contributed by atoms with Crippen molar-refractivity contribution in [2.45, 2.75) is 0 Å². The van der Waals surface area contributed by atoms with Gasteiger partial charge in [0.05, 0.1) is 5.69 Å². The average Bonchev–Trinajstić information content (AvgIpc) is 2.44. The molecule has 0 N–H and O–H groups in total. The number of rotatable bonds is 0. The first-order chi connectivity index (χ1) is 5.83. The molecule has 0 amide bonds. The summed E-state index contributed by atoms with van der Waals surface area (Å²) in [6.45, 7) is 0. The lowest BCUT2D eigenvalue weighted by molar-refractivity contribution is 0.951. The van der Waals surface area contributed by atoms with E-state index >= 15 is 0 Å². The zero-order chi connectivity index (χ0) is 8.55. The monoisotopic (exact) mass is 155 g/mol. The van der Waals surface area contributed by atoms with Gasteiger partial charge in [-0.2, -0.15) is 0 Å². The molecule has 1 heterocycles. The number of para-hydroxylation sites is 1.